The molecule has 11 nitrogen and oxygen atoms in total. The van der Waals surface area contributed by atoms with E-state index in [2.05, 4.69) is 15.5 Å². The van der Waals surface area contributed by atoms with Gasteiger partial charge in [0.05, 0.1) is 24.2 Å². The molecule has 0 radical (unpaired) electrons. The maximum Gasteiger partial charge on any atom is 0.222 e. The number of hydrogen-bond donors (Lipinski definition) is 6. The van der Waals surface area contributed by atoms with Crippen LogP contribution >= 0.6 is 11.6 Å². The lowest BCUT2D eigenvalue weighted by Crippen LogP contribution is -2.62. The Bertz CT molecular complexity index is 884. The van der Waals surface area contributed by atoms with Crippen molar-refractivity contribution in [2.75, 3.05) is 72.1 Å². The normalized spacial score (nSPS) is 36.3. The van der Waals surface area contributed by atoms with Gasteiger partial charge in [0, 0.05) is 78.4 Å². The van der Waals surface area contributed by atoms with Gasteiger partial charge >= 0.3 is 0 Å². The highest BCUT2D eigenvalue weighted by molar-refractivity contribution is 6.21. The number of piperidine rings is 1. The van der Waals surface area contributed by atoms with Crippen molar-refractivity contribution in [3.63, 3.8) is 0 Å². The number of fused-ring (bicyclic) bond motifs is 1. The summed E-state index contributed by atoms with van der Waals surface area (Å²) in [5.41, 5.74) is 0. The molecule has 254 valence electrons. The Balaban J connectivity index is 0.921. The molecule has 0 aromatic carbocycles. The first-order valence-corrected chi connectivity index (χ1v) is 17.4. The Morgan fingerprint density at radius 3 is 2.30 bits per heavy atom. The van der Waals surface area contributed by atoms with Gasteiger partial charge in [-0.15, -0.1) is 11.6 Å². The van der Waals surface area contributed by atoms with E-state index in [0.29, 0.717) is 51.5 Å². The van der Waals surface area contributed by atoms with E-state index in [1.165, 1.54) is 12.8 Å². The van der Waals surface area contributed by atoms with E-state index in [0.717, 1.165) is 45.4 Å². The molecule has 3 unspecified atom stereocenters. The largest absolute Gasteiger partial charge is 0.394 e. The van der Waals surface area contributed by atoms with E-state index >= 15 is 4.39 Å². The Hall–Kier alpha value is -0.670. The van der Waals surface area contributed by atoms with Gasteiger partial charge in [0.15, 0.2) is 0 Å². The predicted molar refractivity (Wildman–Crippen MR) is 165 cm³/mol. The Morgan fingerprint density at radius 1 is 0.977 bits per heavy atom. The molecule has 5 rings (SSSR count). The summed E-state index contributed by atoms with van der Waals surface area (Å²) < 4.78 is 21.3. The average Bonchev–Trinajstić information content (AvgIpc) is 3.59. The molecule has 13 heteroatoms. The highest BCUT2D eigenvalue weighted by Crippen LogP contribution is 2.35. The maximum atomic E-state index is 15.2. The summed E-state index contributed by atoms with van der Waals surface area (Å²) in [5.74, 6) is 1.07. The molecule has 0 aromatic rings. The maximum absolute atomic E-state index is 15.2. The molecular formula is C31H55ClFN5O6. The van der Waals surface area contributed by atoms with Crippen LogP contribution in [0, 0.1) is 23.7 Å². The van der Waals surface area contributed by atoms with Gasteiger partial charge in [-0.1, -0.05) is 0 Å². The van der Waals surface area contributed by atoms with E-state index in [1.807, 2.05) is 9.80 Å². The third-order valence-electron chi connectivity index (χ3n) is 10.8. The van der Waals surface area contributed by atoms with Crippen LogP contribution in [0.15, 0.2) is 0 Å². The number of hydrogen-bond acceptors (Lipinski definition) is 10. The summed E-state index contributed by atoms with van der Waals surface area (Å²) >= 11 is 6.16. The van der Waals surface area contributed by atoms with Gasteiger partial charge in [-0.25, -0.2) is 4.39 Å². The van der Waals surface area contributed by atoms with Crippen molar-refractivity contribution in [1.82, 2.24) is 25.3 Å². The molecule has 1 saturated carbocycles. The molecule has 4 aliphatic heterocycles. The van der Waals surface area contributed by atoms with Crippen LogP contribution in [0.4, 0.5) is 4.39 Å². The predicted octanol–water partition coefficient (Wildman–Crippen LogP) is -0.0589. The molecule has 0 spiro atoms. The summed E-state index contributed by atoms with van der Waals surface area (Å²) in [6.45, 7) is 6.80. The number of halogens is 2. The first-order valence-electron chi connectivity index (χ1n) is 17.0. The van der Waals surface area contributed by atoms with Crippen LogP contribution in [0.1, 0.15) is 51.4 Å². The molecule has 8 atom stereocenters. The van der Waals surface area contributed by atoms with Gasteiger partial charge in [-0.05, 0) is 62.2 Å². The zero-order chi connectivity index (χ0) is 31.2. The number of ether oxygens (including phenoxy) is 1. The SMILES string of the molecule is O=C(CC1CCC(OCCCC2CCN(C3NCC(Cl)CN3)CC2)CC1F)N1C[C@H]2CN(C[C@H](O)[C@H](O)[C@H](O)CO)C[C@H]2C1. The van der Waals surface area contributed by atoms with Crippen LogP contribution in [0.2, 0.25) is 0 Å². The fourth-order valence-corrected chi connectivity index (χ4v) is 8.24. The zero-order valence-electron chi connectivity index (χ0n) is 26.0. The highest BCUT2D eigenvalue weighted by atomic mass is 35.5. The van der Waals surface area contributed by atoms with Crippen LogP contribution in [-0.4, -0.2) is 155 Å². The smallest absolute Gasteiger partial charge is 0.222 e. The number of likely N-dealkylation sites (tertiary alicyclic amines) is 3. The first kappa shape index (κ1) is 34.7. The number of aliphatic hydroxyl groups is 4. The van der Waals surface area contributed by atoms with E-state index < -0.39 is 31.1 Å². The fourth-order valence-electron chi connectivity index (χ4n) is 8.06. The van der Waals surface area contributed by atoms with E-state index in [9.17, 15) is 20.1 Å². The zero-order valence-corrected chi connectivity index (χ0v) is 26.7. The number of aliphatic hydroxyl groups excluding tert-OH is 4. The van der Waals surface area contributed by atoms with Crippen LogP contribution in [0.25, 0.3) is 0 Å². The summed E-state index contributed by atoms with van der Waals surface area (Å²) in [6.07, 6.45) is 1.88. The van der Waals surface area contributed by atoms with Gasteiger partial charge < -0.3 is 30.1 Å². The van der Waals surface area contributed by atoms with Gasteiger partial charge in [-0.3, -0.25) is 25.2 Å². The summed E-state index contributed by atoms with van der Waals surface area (Å²) in [5, 5.41) is 45.8. The number of nitrogens with zero attached hydrogens (tertiary/aromatic N) is 3. The summed E-state index contributed by atoms with van der Waals surface area (Å²) in [7, 11) is 0. The molecule has 0 aromatic heterocycles. The van der Waals surface area contributed by atoms with Crippen LogP contribution < -0.4 is 10.6 Å². The van der Waals surface area contributed by atoms with Crippen molar-refractivity contribution in [1.29, 1.82) is 0 Å². The Labute approximate surface area is 266 Å². The number of carbonyl (C=O) groups is 1. The van der Waals surface area contributed by atoms with Crippen molar-refractivity contribution in [3.05, 3.63) is 0 Å². The fraction of sp³-hybridized carbons (Fsp3) is 0.968. The van der Waals surface area contributed by atoms with Gasteiger partial charge in [0.25, 0.3) is 0 Å². The van der Waals surface area contributed by atoms with Crippen molar-refractivity contribution in [3.8, 4) is 0 Å². The Kier molecular flexibility index (Phi) is 12.9. The first-order chi connectivity index (χ1) is 21.2. The standard InChI is InChI=1S/C31H55ClFN5O6/c32-24-12-34-31(35-13-24)37-7-5-20(6-8-37)2-1-9-44-25-4-3-21(26(33)11-25)10-29(42)38-16-22-14-36(15-23(22)17-38)18-27(40)30(43)28(41)19-39/h20-28,30-31,34-35,39-41,43H,1-19H2/t21?,22-,23+,24?,25?,26?,27-,28+,30-,31?/m0/s1. The van der Waals surface area contributed by atoms with E-state index in [1.54, 1.807) is 0 Å². The second-order valence-corrected chi connectivity index (χ2v) is 14.7. The lowest BCUT2D eigenvalue weighted by Gasteiger charge is -2.41. The summed E-state index contributed by atoms with van der Waals surface area (Å²) in [4.78, 5) is 19.5. The molecule has 4 saturated heterocycles. The van der Waals surface area contributed by atoms with Gasteiger partial charge in [0.2, 0.25) is 5.91 Å². The van der Waals surface area contributed by atoms with E-state index in [-0.39, 0.29) is 54.4 Å². The number of rotatable bonds is 13. The topological polar surface area (TPSA) is 141 Å². The number of alkyl halides is 2. The molecule has 1 amide bonds. The summed E-state index contributed by atoms with van der Waals surface area (Å²) in [6, 6.07) is 0. The molecule has 1 aliphatic carbocycles. The lowest BCUT2D eigenvalue weighted by atomic mass is 9.83. The minimum atomic E-state index is -1.40. The van der Waals surface area contributed by atoms with Gasteiger partial charge in [-0.2, -0.15) is 0 Å². The van der Waals surface area contributed by atoms with Crippen LogP contribution in [0.3, 0.4) is 0 Å². The van der Waals surface area contributed by atoms with Crippen molar-refractivity contribution >= 4 is 17.5 Å². The van der Waals surface area contributed by atoms with Gasteiger partial charge in [0.1, 0.15) is 24.7 Å². The second kappa shape index (κ2) is 16.4. The second-order valence-electron chi connectivity index (χ2n) is 14.1. The average molecular weight is 648 g/mol. The molecule has 5 fully saturated rings. The molecule has 44 heavy (non-hydrogen) atoms. The molecule has 5 aliphatic rings. The third-order valence-corrected chi connectivity index (χ3v) is 11.1. The lowest BCUT2D eigenvalue weighted by molar-refractivity contribution is -0.133. The molecule has 4 heterocycles. The number of amides is 1. The molecule has 6 N–H and O–H groups in total. The van der Waals surface area contributed by atoms with Crippen LogP contribution in [0.5, 0.6) is 0 Å². The van der Waals surface area contributed by atoms with Crippen molar-refractivity contribution < 1.29 is 34.3 Å². The van der Waals surface area contributed by atoms with Crippen LogP contribution in [-0.2, 0) is 9.53 Å². The third kappa shape index (κ3) is 9.23. The van der Waals surface area contributed by atoms with E-state index in [4.69, 9.17) is 21.4 Å². The molecule has 0 bridgehead atoms. The van der Waals surface area contributed by atoms with Crippen molar-refractivity contribution in [2.24, 2.45) is 23.7 Å². The highest BCUT2D eigenvalue weighted by Gasteiger charge is 2.43. The number of nitrogens with one attached hydrogen (secondary N) is 2. The van der Waals surface area contributed by atoms with Crippen molar-refractivity contribution in [2.45, 2.75) is 93.6 Å². The minimum absolute atomic E-state index is 0.0313. The number of carbonyl (C=O) groups excluding carboxylic acids is 1. The Morgan fingerprint density at radius 2 is 1.66 bits per heavy atom. The minimum Gasteiger partial charge on any atom is -0.394 e. The quantitative estimate of drug-likeness (QED) is 0.119. The monoisotopic (exact) mass is 647 g/mol. The molecular weight excluding hydrogens is 593 g/mol. The number of β-amino-alcohol motifs (C(OH)–C–C–N with tert-alkyl or cyclic N) is 1.